The Morgan fingerprint density at radius 3 is 2.44 bits per heavy atom. The van der Waals surface area contributed by atoms with E-state index in [1.165, 1.54) is 12.1 Å². The fraction of sp³-hybridized carbons (Fsp3) is 0.300. The third-order valence-electron chi connectivity index (χ3n) is 2.12. The van der Waals surface area contributed by atoms with Gasteiger partial charge in [-0.05, 0) is 12.1 Å². The first-order valence-corrected chi connectivity index (χ1v) is 6.26. The average Bonchev–Trinajstić information content (AvgIpc) is 2.27. The highest BCUT2D eigenvalue weighted by atomic mass is 32.2. The average molecular weight is 242 g/mol. The molecular formula is C10H14N2O3S. The topological polar surface area (TPSA) is 89.3 Å². The summed E-state index contributed by atoms with van der Waals surface area (Å²) in [6.07, 6.45) is 0. The first-order valence-electron chi connectivity index (χ1n) is 4.77. The Morgan fingerprint density at radius 1 is 1.38 bits per heavy atom. The number of sulfonamides is 1. The van der Waals surface area contributed by atoms with Crippen LogP contribution in [0.4, 0.5) is 0 Å². The minimum Gasteiger partial charge on any atom is -0.369 e. The molecule has 0 aliphatic rings. The van der Waals surface area contributed by atoms with Crippen molar-refractivity contribution in [3.8, 4) is 0 Å². The molecule has 1 amide bonds. The van der Waals surface area contributed by atoms with Crippen LogP contribution >= 0.6 is 0 Å². The molecule has 5 nitrogen and oxygen atoms in total. The smallest absolute Gasteiger partial charge is 0.240 e. The number of primary amides is 1. The van der Waals surface area contributed by atoms with E-state index >= 15 is 0 Å². The van der Waals surface area contributed by atoms with Gasteiger partial charge in [0.2, 0.25) is 15.9 Å². The molecule has 1 unspecified atom stereocenters. The summed E-state index contributed by atoms with van der Waals surface area (Å²) in [5.74, 6) is -1.06. The summed E-state index contributed by atoms with van der Waals surface area (Å²) in [7, 11) is -3.55. The van der Waals surface area contributed by atoms with Crippen molar-refractivity contribution in [2.45, 2.75) is 11.8 Å². The lowest BCUT2D eigenvalue weighted by molar-refractivity contribution is -0.121. The lowest BCUT2D eigenvalue weighted by Crippen LogP contribution is -2.34. The van der Waals surface area contributed by atoms with Crippen molar-refractivity contribution in [2.75, 3.05) is 6.54 Å². The van der Waals surface area contributed by atoms with Gasteiger partial charge in [-0.1, -0.05) is 25.1 Å². The van der Waals surface area contributed by atoms with Crippen molar-refractivity contribution in [2.24, 2.45) is 11.7 Å². The van der Waals surface area contributed by atoms with E-state index in [2.05, 4.69) is 4.72 Å². The summed E-state index contributed by atoms with van der Waals surface area (Å²) in [6.45, 7) is 1.57. The molecule has 1 rings (SSSR count). The second kappa shape index (κ2) is 5.09. The van der Waals surface area contributed by atoms with Crippen LogP contribution in [0.1, 0.15) is 6.92 Å². The minimum atomic E-state index is -3.55. The number of benzene rings is 1. The molecule has 0 heterocycles. The number of rotatable bonds is 5. The largest absolute Gasteiger partial charge is 0.369 e. The second-order valence-electron chi connectivity index (χ2n) is 3.47. The SMILES string of the molecule is CC(CNS(=O)(=O)c1ccccc1)C(N)=O. The first kappa shape index (κ1) is 12.7. The molecule has 0 radical (unpaired) electrons. The number of nitrogens with one attached hydrogen (secondary N) is 1. The van der Waals surface area contributed by atoms with E-state index in [0.717, 1.165) is 0 Å². The van der Waals surface area contributed by atoms with Gasteiger partial charge in [0.1, 0.15) is 0 Å². The third-order valence-corrected chi connectivity index (χ3v) is 3.56. The van der Waals surface area contributed by atoms with E-state index < -0.39 is 21.8 Å². The van der Waals surface area contributed by atoms with Crippen LogP contribution in [-0.2, 0) is 14.8 Å². The minimum absolute atomic E-state index is 0.00651. The molecule has 0 saturated heterocycles. The molecule has 0 aromatic heterocycles. The van der Waals surface area contributed by atoms with Crippen molar-refractivity contribution in [3.05, 3.63) is 30.3 Å². The molecule has 1 aromatic carbocycles. The van der Waals surface area contributed by atoms with E-state index in [1.807, 2.05) is 0 Å². The van der Waals surface area contributed by atoms with Gasteiger partial charge in [0.25, 0.3) is 0 Å². The Bertz CT molecular complexity index is 456. The number of carbonyl (C=O) groups is 1. The predicted octanol–water partition coefficient (Wildman–Crippen LogP) is 0.0863. The molecule has 0 aliphatic heterocycles. The second-order valence-corrected chi connectivity index (χ2v) is 5.24. The molecule has 88 valence electrons. The van der Waals surface area contributed by atoms with Gasteiger partial charge in [-0.3, -0.25) is 4.79 Å². The lowest BCUT2D eigenvalue weighted by atomic mass is 10.2. The number of nitrogens with two attached hydrogens (primary N) is 1. The van der Waals surface area contributed by atoms with Crippen LogP contribution in [0.5, 0.6) is 0 Å². The molecule has 16 heavy (non-hydrogen) atoms. The standard InChI is InChI=1S/C10H14N2O3S/c1-8(10(11)13)7-12-16(14,15)9-5-3-2-4-6-9/h2-6,8,12H,7H2,1H3,(H2,11,13). The zero-order chi connectivity index (χ0) is 12.2. The normalized spacial score (nSPS) is 13.3. The summed E-state index contributed by atoms with van der Waals surface area (Å²) in [5, 5.41) is 0. The summed E-state index contributed by atoms with van der Waals surface area (Å²) >= 11 is 0. The fourth-order valence-corrected chi connectivity index (χ4v) is 2.17. The Kier molecular flexibility index (Phi) is 4.03. The highest BCUT2D eigenvalue weighted by Gasteiger charge is 2.16. The molecule has 0 bridgehead atoms. The van der Waals surface area contributed by atoms with Gasteiger partial charge in [0, 0.05) is 12.5 Å². The number of carbonyl (C=O) groups excluding carboxylic acids is 1. The van der Waals surface area contributed by atoms with Crippen LogP contribution in [0.2, 0.25) is 0 Å². The molecule has 0 fully saturated rings. The van der Waals surface area contributed by atoms with Crippen LogP contribution in [0, 0.1) is 5.92 Å². The summed E-state index contributed by atoms with van der Waals surface area (Å²) in [6, 6.07) is 7.96. The third kappa shape index (κ3) is 3.32. The van der Waals surface area contributed by atoms with Crippen LogP contribution in [0.25, 0.3) is 0 Å². The van der Waals surface area contributed by atoms with E-state index in [1.54, 1.807) is 25.1 Å². The Balaban J connectivity index is 2.71. The Morgan fingerprint density at radius 2 is 1.94 bits per heavy atom. The van der Waals surface area contributed by atoms with Crippen molar-refractivity contribution in [3.63, 3.8) is 0 Å². The number of amides is 1. The monoisotopic (exact) mass is 242 g/mol. The summed E-state index contributed by atoms with van der Waals surface area (Å²) in [4.78, 5) is 10.9. The maximum atomic E-state index is 11.7. The van der Waals surface area contributed by atoms with Gasteiger partial charge in [0.15, 0.2) is 0 Å². The molecule has 6 heteroatoms. The van der Waals surface area contributed by atoms with Crippen molar-refractivity contribution in [1.29, 1.82) is 0 Å². The maximum absolute atomic E-state index is 11.7. The van der Waals surface area contributed by atoms with Crippen LogP contribution in [0.3, 0.4) is 0 Å². The molecule has 0 aliphatic carbocycles. The van der Waals surface area contributed by atoms with E-state index in [9.17, 15) is 13.2 Å². The van der Waals surface area contributed by atoms with E-state index in [-0.39, 0.29) is 11.4 Å². The number of hydrogen-bond acceptors (Lipinski definition) is 3. The van der Waals surface area contributed by atoms with Crippen LogP contribution in [0.15, 0.2) is 35.2 Å². The zero-order valence-corrected chi connectivity index (χ0v) is 9.70. The van der Waals surface area contributed by atoms with Gasteiger partial charge in [0.05, 0.1) is 4.90 Å². The van der Waals surface area contributed by atoms with Crippen molar-refractivity contribution >= 4 is 15.9 Å². The molecule has 1 aromatic rings. The highest BCUT2D eigenvalue weighted by Crippen LogP contribution is 2.07. The predicted molar refractivity (Wildman–Crippen MR) is 60.0 cm³/mol. The maximum Gasteiger partial charge on any atom is 0.240 e. The Labute approximate surface area is 94.7 Å². The van der Waals surface area contributed by atoms with Gasteiger partial charge in [-0.25, -0.2) is 13.1 Å². The Hall–Kier alpha value is -1.40. The fourth-order valence-electron chi connectivity index (χ4n) is 1.02. The molecule has 0 saturated carbocycles. The summed E-state index contributed by atoms with van der Waals surface area (Å²) < 4.78 is 25.7. The molecular weight excluding hydrogens is 228 g/mol. The van der Waals surface area contributed by atoms with Gasteiger partial charge in [-0.2, -0.15) is 0 Å². The molecule has 3 N–H and O–H groups in total. The van der Waals surface area contributed by atoms with E-state index in [0.29, 0.717) is 0 Å². The van der Waals surface area contributed by atoms with Gasteiger partial charge < -0.3 is 5.73 Å². The van der Waals surface area contributed by atoms with Crippen LogP contribution < -0.4 is 10.5 Å². The van der Waals surface area contributed by atoms with Gasteiger partial charge in [-0.15, -0.1) is 0 Å². The zero-order valence-electron chi connectivity index (χ0n) is 8.88. The lowest BCUT2D eigenvalue weighted by Gasteiger charge is -2.09. The van der Waals surface area contributed by atoms with Crippen molar-refractivity contribution < 1.29 is 13.2 Å². The summed E-state index contributed by atoms with van der Waals surface area (Å²) in [5.41, 5.74) is 5.03. The van der Waals surface area contributed by atoms with Crippen molar-refractivity contribution in [1.82, 2.24) is 4.72 Å². The van der Waals surface area contributed by atoms with E-state index in [4.69, 9.17) is 5.73 Å². The quantitative estimate of drug-likeness (QED) is 0.766. The molecule has 1 atom stereocenters. The van der Waals surface area contributed by atoms with Crippen LogP contribution in [-0.4, -0.2) is 20.9 Å². The molecule has 0 spiro atoms. The highest BCUT2D eigenvalue weighted by molar-refractivity contribution is 7.89. The number of hydrogen-bond donors (Lipinski definition) is 2. The first-order chi connectivity index (χ1) is 7.43. The van der Waals surface area contributed by atoms with Gasteiger partial charge >= 0.3 is 0 Å².